The molecule has 2 aromatic rings. The smallest absolute Gasteiger partial charge is 0.247 e. The lowest BCUT2D eigenvalue weighted by atomic mass is 10.1. The van der Waals surface area contributed by atoms with E-state index in [1.165, 1.54) is 5.56 Å². The molecular weight excluding hydrogens is 312 g/mol. The number of aryl methyl sites for hydroxylation is 2. The van der Waals surface area contributed by atoms with Crippen LogP contribution in [0.25, 0.3) is 0 Å². The first-order valence-corrected chi connectivity index (χ1v) is 8.74. The number of amides is 2. The topological polar surface area (TPSA) is 40.6 Å². The van der Waals surface area contributed by atoms with E-state index in [0.29, 0.717) is 12.8 Å². The Hall–Kier alpha value is -2.62. The van der Waals surface area contributed by atoms with Gasteiger partial charge in [0.1, 0.15) is 6.54 Å². The molecule has 0 aliphatic carbocycles. The molecule has 0 N–H and O–H groups in total. The Kier molecular flexibility index (Phi) is 4.88. The van der Waals surface area contributed by atoms with Crippen LogP contribution in [0, 0.1) is 6.92 Å². The zero-order chi connectivity index (χ0) is 18.0. The van der Waals surface area contributed by atoms with Gasteiger partial charge in [-0.1, -0.05) is 42.0 Å². The normalized spacial score (nSPS) is 14.0. The minimum Gasteiger partial charge on any atom is -0.306 e. The fraction of sp³-hybridized carbons (Fsp3) is 0.333. The fourth-order valence-corrected chi connectivity index (χ4v) is 3.37. The summed E-state index contributed by atoms with van der Waals surface area (Å²) in [5.41, 5.74) is 3.98. The predicted molar refractivity (Wildman–Crippen MR) is 101 cm³/mol. The van der Waals surface area contributed by atoms with E-state index in [0.717, 1.165) is 16.9 Å². The molecule has 1 aliphatic heterocycles. The van der Waals surface area contributed by atoms with Crippen molar-refractivity contribution >= 4 is 23.2 Å². The molecule has 2 aromatic carbocycles. The monoisotopic (exact) mass is 336 g/mol. The minimum atomic E-state index is -0.0300. The largest absolute Gasteiger partial charge is 0.306 e. The Labute approximate surface area is 149 Å². The molecule has 0 aromatic heterocycles. The number of anilines is 2. The fourth-order valence-electron chi connectivity index (χ4n) is 3.37. The van der Waals surface area contributed by atoms with Crippen molar-refractivity contribution in [1.29, 1.82) is 0 Å². The van der Waals surface area contributed by atoms with Gasteiger partial charge in [-0.15, -0.1) is 0 Å². The molecule has 0 fully saturated rings. The highest BCUT2D eigenvalue weighted by Gasteiger charge is 2.33. The van der Waals surface area contributed by atoms with Gasteiger partial charge in [0.25, 0.3) is 0 Å². The van der Waals surface area contributed by atoms with Crippen LogP contribution in [-0.2, 0) is 16.0 Å². The average molecular weight is 336 g/mol. The summed E-state index contributed by atoms with van der Waals surface area (Å²) in [5, 5.41) is 0. The third kappa shape index (κ3) is 3.58. The van der Waals surface area contributed by atoms with E-state index in [4.69, 9.17) is 0 Å². The van der Waals surface area contributed by atoms with Gasteiger partial charge in [0.05, 0.1) is 11.4 Å². The van der Waals surface area contributed by atoms with E-state index < -0.39 is 0 Å². The number of para-hydroxylation sites is 2. The molecule has 2 amide bonds. The molecule has 0 spiro atoms. The molecule has 3 rings (SSSR count). The van der Waals surface area contributed by atoms with Gasteiger partial charge in [-0.2, -0.15) is 0 Å². The Morgan fingerprint density at radius 2 is 1.80 bits per heavy atom. The number of fused-ring (bicyclic) bond motifs is 1. The van der Waals surface area contributed by atoms with Crippen LogP contribution in [0.1, 0.15) is 31.4 Å². The molecule has 1 heterocycles. The van der Waals surface area contributed by atoms with Crippen molar-refractivity contribution in [2.24, 2.45) is 0 Å². The van der Waals surface area contributed by atoms with Gasteiger partial charge < -0.3 is 9.80 Å². The molecule has 130 valence electrons. The highest BCUT2D eigenvalue weighted by Crippen LogP contribution is 2.35. The van der Waals surface area contributed by atoms with Gasteiger partial charge in [-0.25, -0.2) is 0 Å². The van der Waals surface area contributed by atoms with Gasteiger partial charge in [0.2, 0.25) is 11.8 Å². The van der Waals surface area contributed by atoms with Crippen LogP contribution in [0.3, 0.4) is 0 Å². The zero-order valence-electron chi connectivity index (χ0n) is 15.0. The highest BCUT2D eigenvalue weighted by atomic mass is 16.2. The van der Waals surface area contributed by atoms with Crippen molar-refractivity contribution in [3.8, 4) is 0 Å². The standard InChI is InChI=1S/C21H24N2O2/c1-15(2)23-19-10-5-4-9-18(19)22(14-21(23)25)20(24)12-11-17-8-6-7-16(3)13-17/h4-10,13,15H,11-12,14H2,1-3H3. The Bertz CT molecular complexity index is 798. The summed E-state index contributed by atoms with van der Waals surface area (Å²) < 4.78 is 0. The molecule has 0 atom stereocenters. The Morgan fingerprint density at radius 1 is 1.08 bits per heavy atom. The lowest BCUT2D eigenvalue weighted by molar-refractivity contribution is -0.123. The van der Waals surface area contributed by atoms with Crippen molar-refractivity contribution in [2.45, 2.75) is 39.7 Å². The summed E-state index contributed by atoms with van der Waals surface area (Å²) in [6, 6.07) is 15.9. The van der Waals surface area contributed by atoms with Crippen LogP contribution in [0.15, 0.2) is 48.5 Å². The number of carbonyl (C=O) groups excluding carboxylic acids is 2. The van der Waals surface area contributed by atoms with Crippen LogP contribution in [0.4, 0.5) is 11.4 Å². The van der Waals surface area contributed by atoms with Crippen LogP contribution in [0.5, 0.6) is 0 Å². The second-order valence-corrected chi connectivity index (χ2v) is 6.82. The molecule has 1 aliphatic rings. The summed E-state index contributed by atoms with van der Waals surface area (Å²) in [7, 11) is 0. The van der Waals surface area contributed by atoms with Gasteiger partial charge in [0.15, 0.2) is 0 Å². The van der Waals surface area contributed by atoms with E-state index in [9.17, 15) is 9.59 Å². The summed E-state index contributed by atoms with van der Waals surface area (Å²) in [6.45, 7) is 6.14. The molecule has 0 bridgehead atoms. The molecule has 4 heteroatoms. The quantitative estimate of drug-likeness (QED) is 0.854. The Balaban J connectivity index is 1.80. The summed E-state index contributed by atoms with van der Waals surface area (Å²) >= 11 is 0. The number of rotatable bonds is 4. The maximum Gasteiger partial charge on any atom is 0.247 e. The summed E-state index contributed by atoms with van der Waals surface area (Å²) in [5.74, 6) is -0.0386. The number of hydrogen-bond donors (Lipinski definition) is 0. The van der Waals surface area contributed by atoms with E-state index in [-0.39, 0.29) is 24.4 Å². The highest BCUT2D eigenvalue weighted by molar-refractivity contribution is 6.11. The van der Waals surface area contributed by atoms with Crippen LogP contribution >= 0.6 is 0 Å². The van der Waals surface area contributed by atoms with Crippen molar-refractivity contribution in [1.82, 2.24) is 0 Å². The molecular formula is C21H24N2O2. The third-order valence-corrected chi connectivity index (χ3v) is 4.52. The maximum absolute atomic E-state index is 12.8. The summed E-state index contributed by atoms with van der Waals surface area (Å²) in [4.78, 5) is 28.8. The number of nitrogens with zero attached hydrogens (tertiary/aromatic N) is 2. The molecule has 4 nitrogen and oxygen atoms in total. The first-order valence-electron chi connectivity index (χ1n) is 8.74. The maximum atomic E-state index is 12.8. The second-order valence-electron chi connectivity index (χ2n) is 6.82. The molecule has 0 unspecified atom stereocenters. The summed E-state index contributed by atoms with van der Waals surface area (Å²) in [6.07, 6.45) is 1.08. The molecule has 25 heavy (non-hydrogen) atoms. The second kappa shape index (κ2) is 7.09. The Morgan fingerprint density at radius 3 is 2.48 bits per heavy atom. The van der Waals surface area contributed by atoms with Crippen molar-refractivity contribution in [3.05, 3.63) is 59.7 Å². The first-order chi connectivity index (χ1) is 12.0. The van der Waals surface area contributed by atoms with Crippen molar-refractivity contribution in [3.63, 3.8) is 0 Å². The number of hydrogen-bond acceptors (Lipinski definition) is 2. The number of benzene rings is 2. The van der Waals surface area contributed by atoms with Crippen LogP contribution in [0.2, 0.25) is 0 Å². The predicted octanol–water partition coefficient (Wildman–Crippen LogP) is 3.72. The zero-order valence-corrected chi connectivity index (χ0v) is 15.0. The van der Waals surface area contributed by atoms with Crippen molar-refractivity contribution in [2.75, 3.05) is 16.3 Å². The van der Waals surface area contributed by atoms with E-state index in [1.54, 1.807) is 9.80 Å². The lowest BCUT2D eigenvalue weighted by Gasteiger charge is -2.38. The van der Waals surface area contributed by atoms with E-state index in [2.05, 4.69) is 6.07 Å². The lowest BCUT2D eigenvalue weighted by Crippen LogP contribution is -2.50. The average Bonchev–Trinajstić information content (AvgIpc) is 2.58. The minimum absolute atomic E-state index is 0.00860. The van der Waals surface area contributed by atoms with Crippen LogP contribution in [-0.4, -0.2) is 24.4 Å². The molecule has 0 saturated carbocycles. The van der Waals surface area contributed by atoms with Crippen molar-refractivity contribution < 1.29 is 9.59 Å². The van der Waals surface area contributed by atoms with E-state index >= 15 is 0 Å². The van der Waals surface area contributed by atoms with Gasteiger partial charge in [0, 0.05) is 12.5 Å². The molecule has 0 saturated heterocycles. The number of carbonyl (C=O) groups is 2. The first kappa shape index (κ1) is 17.2. The van der Waals surface area contributed by atoms with E-state index in [1.807, 2.05) is 63.2 Å². The van der Waals surface area contributed by atoms with Crippen LogP contribution < -0.4 is 9.80 Å². The SMILES string of the molecule is Cc1cccc(CCC(=O)N2CC(=O)N(C(C)C)c3ccccc32)c1. The third-order valence-electron chi connectivity index (χ3n) is 4.52. The van der Waals surface area contributed by atoms with Gasteiger partial charge >= 0.3 is 0 Å². The van der Waals surface area contributed by atoms with Gasteiger partial charge in [-0.3, -0.25) is 9.59 Å². The van der Waals surface area contributed by atoms with Gasteiger partial charge in [-0.05, 0) is 44.9 Å². The molecule has 0 radical (unpaired) electrons.